The number of nitrogens with zero attached hydrogens (tertiary/aromatic N) is 1. The summed E-state index contributed by atoms with van der Waals surface area (Å²) in [6.45, 7) is 1.99. The molecule has 0 aromatic carbocycles. The van der Waals surface area contributed by atoms with Crippen LogP contribution in [0.3, 0.4) is 0 Å². The van der Waals surface area contributed by atoms with Crippen molar-refractivity contribution >= 4 is 11.7 Å². The first kappa shape index (κ1) is 11.5. The summed E-state index contributed by atoms with van der Waals surface area (Å²) in [4.78, 5) is 14.3. The molecule has 0 spiro atoms. The maximum atomic E-state index is 10.5. The van der Waals surface area contributed by atoms with Crippen LogP contribution in [-0.4, -0.2) is 33.8 Å². The van der Waals surface area contributed by atoms with Crippen LogP contribution >= 0.6 is 0 Å². The van der Waals surface area contributed by atoms with Crippen LogP contribution in [0.4, 0.5) is 5.69 Å². The molecule has 1 atom stereocenters. The van der Waals surface area contributed by atoms with E-state index in [0.29, 0.717) is 5.69 Å². The van der Waals surface area contributed by atoms with Gasteiger partial charge in [-0.1, -0.05) is 6.92 Å². The van der Waals surface area contributed by atoms with Crippen LogP contribution in [0, 0.1) is 0 Å². The first-order chi connectivity index (χ1) is 7.17. The number of nitrogens with one attached hydrogen (secondary N) is 1. The fraction of sp³-hybridized carbons (Fsp3) is 0.400. The Balaban J connectivity index is 2.67. The molecule has 0 amide bonds. The van der Waals surface area contributed by atoms with Crippen LogP contribution in [0.5, 0.6) is 0 Å². The number of hydrogen-bond acceptors (Lipinski definition) is 4. The maximum absolute atomic E-state index is 10.5. The lowest BCUT2D eigenvalue weighted by Crippen LogP contribution is -2.22. The first-order valence-electron chi connectivity index (χ1n) is 4.74. The minimum atomic E-state index is -1.05. The molecule has 5 heteroatoms. The summed E-state index contributed by atoms with van der Waals surface area (Å²) in [5, 5.41) is 20.6. The monoisotopic (exact) mass is 210 g/mol. The number of carboxylic acids is 1. The predicted octanol–water partition coefficient (Wildman–Crippen LogP) is 0.963. The lowest BCUT2D eigenvalue weighted by molar-refractivity contribution is 0.0690. The Hall–Kier alpha value is -1.62. The molecule has 0 saturated carbocycles. The third-order valence-corrected chi connectivity index (χ3v) is 2.07. The number of anilines is 1. The second kappa shape index (κ2) is 5.31. The second-order valence-corrected chi connectivity index (χ2v) is 3.17. The zero-order chi connectivity index (χ0) is 11.3. The number of hydrogen-bond donors (Lipinski definition) is 3. The number of aliphatic hydroxyl groups is 1. The van der Waals surface area contributed by atoms with Crippen molar-refractivity contribution < 1.29 is 15.0 Å². The molecule has 0 bridgehead atoms. The van der Waals surface area contributed by atoms with Crippen molar-refractivity contribution in [2.24, 2.45) is 0 Å². The van der Waals surface area contributed by atoms with Gasteiger partial charge < -0.3 is 15.5 Å². The molecule has 1 unspecified atom stereocenters. The van der Waals surface area contributed by atoms with Gasteiger partial charge in [0.1, 0.15) is 5.69 Å². The van der Waals surface area contributed by atoms with Gasteiger partial charge in [0.25, 0.3) is 0 Å². The molecule has 0 saturated heterocycles. The molecule has 1 aromatic heterocycles. The molecular formula is C10H14N2O3. The Labute approximate surface area is 87.8 Å². The van der Waals surface area contributed by atoms with Crippen LogP contribution in [0.2, 0.25) is 0 Å². The van der Waals surface area contributed by atoms with E-state index in [1.807, 2.05) is 6.92 Å². The van der Waals surface area contributed by atoms with Gasteiger partial charge in [-0.3, -0.25) is 0 Å². The summed E-state index contributed by atoms with van der Waals surface area (Å²) < 4.78 is 0. The zero-order valence-electron chi connectivity index (χ0n) is 8.47. The van der Waals surface area contributed by atoms with E-state index in [0.717, 1.165) is 6.42 Å². The number of pyridine rings is 1. The molecule has 0 aliphatic rings. The van der Waals surface area contributed by atoms with Gasteiger partial charge in [-0.05, 0) is 18.6 Å². The van der Waals surface area contributed by atoms with Crippen molar-refractivity contribution in [3.63, 3.8) is 0 Å². The molecule has 5 nitrogen and oxygen atoms in total. The van der Waals surface area contributed by atoms with Gasteiger partial charge in [0.15, 0.2) is 0 Å². The minimum Gasteiger partial charge on any atom is -0.477 e. The Kier molecular flexibility index (Phi) is 4.05. The fourth-order valence-corrected chi connectivity index (χ4v) is 1.12. The molecule has 15 heavy (non-hydrogen) atoms. The summed E-state index contributed by atoms with van der Waals surface area (Å²) >= 11 is 0. The zero-order valence-corrected chi connectivity index (χ0v) is 8.47. The van der Waals surface area contributed by atoms with Crippen LogP contribution in [0.25, 0.3) is 0 Å². The lowest BCUT2D eigenvalue weighted by Gasteiger charge is -2.14. The van der Waals surface area contributed by atoms with Crippen molar-refractivity contribution in [1.29, 1.82) is 0 Å². The average molecular weight is 210 g/mol. The number of aliphatic hydroxyl groups excluding tert-OH is 1. The Morgan fingerprint density at radius 2 is 2.33 bits per heavy atom. The Bertz CT molecular complexity index is 320. The molecule has 82 valence electrons. The molecule has 0 aliphatic carbocycles. The number of carbonyl (C=O) groups is 1. The Morgan fingerprint density at radius 1 is 1.60 bits per heavy atom. The van der Waals surface area contributed by atoms with E-state index in [1.165, 1.54) is 12.3 Å². The number of carboxylic acid groups (broad SMARTS) is 1. The van der Waals surface area contributed by atoms with Gasteiger partial charge in [-0.15, -0.1) is 0 Å². The fourth-order valence-electron chi connectivity index (χ4n) is 1.12. The summed E-state index contributed by atoms with van der Waals surface area (Å²) in [6, 6.07) is 3.03. The predicted molar refractivity (Wildman–Crippen MR) is 56.0 cm³/mol. The summed E-state index contributed by atoms with van der Waals surface area (Å²) in [6.07, 6.45) is 2.24. The highest BCUT2D eigenvalue weighted by Crippen LogP contribution is 2.09. The Morgan fingerprint density at radius 3 is 2.73 bits per heavy atom. The van der Waals surface area contributed by atoms with E-state index in [1.54, 1.807) is 6.07 Å². The van der Waals surface area contributed by atoms with E-state index in [4.69, 9.17) is 10.2 Å². The summed E-state index contributed by atoms with van der Waals surface area (Å²) in [5.41, 5.74) is 0.721. The summed E-state index contributed by atoms with van der Waals surface area (Å²) in [5.74, 6) is -1.05. The van der Waals surface area contributed by atoms with Gasteiger partial charge in [0, 0.05) is 6.04 Å². The third kappa shape index (κ3) is 3.21. The standard InChI is InChI=1S/C10H14N2O3/c1-2-7(6-13)12-8-3-4-9(10(14)15)11-5-8/h3-5,7,12-13H,2,6H2,1H3,(H,14,15). The summed E-state index contributed by atoms with van der Waals surface area (Å²) in [7, 11) is 0. The minimum absolute atomic E-state index is 0.0117. The van der Waals surface area contributed by atoms with Gasteiger partial charge >= 0.3 is 5.97 Å². The quantitative estimate of drug-likeness (QED) is 0.674. The smallest absolute Gasteiger partial charge is 0.354 e. The highest BCUT2D eigenvalue weighted by atomic mass is 16.4. The van der Waals surface area contributed by atoms with E-state index in [-0.39, 0.29) is 18.3 Å². The largest absolute Gasteiger partial charge is 0.477 e. The van der Waals surface area contributed by atoms with E-state index in [2.05, 4.69) is 10.3 Å². The van der Waals surface area contributed by atoms with E-state index >= 15 is 0 Å². The van der Waals surface area contributed by atoms with E-state index in [9.17, 15) is 4.79 Å². The highest BCUT2D eigenvalue weighted by molar-refractivity contribution is 5.85. The van der Waals surface area contributed by atoms with Crippen molar-refractivity contribution in [1.82, 2.24) is 4.98 Å². The topological polar surface area (TPSA) is 82.5 Å². The van der Waals surface area contributed by atoms with Crippen molar-refractivity contribution in [3.8, 4) is 0 Å². The molecule has 1 heterocycles. The first-order valence-corrected chi connectivity index (χ1v) is 4.74. The molecular weight excluding hydrogens is 196 g/mol. The second-order valence-electron chi connectivity index (χ2n) is 3.17. The van der Waals surface area contributed by atoms with Crippen LogP contribution < -0.4 is 5.32 Å². The van der Waals surface area contributed by atoms with E-state index < -0.39 is 5.97 Å². The maximum Gasteiger partial charge on any atom is 0.354 e. The van der Waals surface area contributed by atoms with Gasteiger partial charge in [0.05, 0.1) is 18.5 Å². The SMILES string of the molecule is CCC(CO)Nc1ccc(C(=O)O)nc1. The van der Waals surface area contributed by atoms with Gasteiger partial charge in [-0.2, -0.15) is 0 Å². The highest BCUT2D eigenvalue weighted by Gasteiger charge is 2.06. The number of aromatic nitrogens is 1. The van der Waals surface area contributed by atoms with Crippen LogP contribution in [0.15, 0.2) is 18.3 Å². The normalized spacial score (nSPS) is 12.1. The van der Waals surface area contributed by atoms with Gasteiger partial charge in [-0.25, -0.2) is 9.78 Å². The molecule has 0 aliphatic heterocycles. The van der Waals surface area contributed by atoms with Crippen LogP contribution in [0.1, 0.15) is 23.8 Å². The average Bonchev–Trinajstić information content (AvgIpc) is 2.26. The van der Waals surface area contributed by atoms with Gasteiger partial charge in [0.2, 0.25) is 0 Å². The number of aromatic carboxylic acids is 1. The number of rotatable bonds is 5. The lowest BCUT2D eigenvalue weighted by atomic mass is 10.2. The van der Waals surface area contributed by atoms with Crippen molar-refractivity contribution in [2.75, 3.05) is 11.9 Å². The molecule has 0 radical (unpaired) electrons. The molecule has 3 N–H and O–H groups in total. The van der Waals surface area contributed by atoms with Crippen molar-refractivity contribution in [3.05, 3.63) is 24.0 Å². The molecule has 1 aromatic rings. The molecule has 1 rings (SSSR count). The molecule has 0 fully saturated rings. The van der Waals surface area contributed by atoms with Crippen LogP contribution in [-0.2, 0) is 0 Å². The van der Waals surface area contributed by atoms with Crippen molar-refractivity contribution in [2.45, 2.75) is 19.4 Å². The third-order valence-electron chi connectivity index (χ3n) is 2.07.